The van der Waals surface area contributed by atoms with Gasteiger partial charge < -0.3 is 4.57 Å². The van der Waals surface area contributed by atoms with Crippen LogP contribution in [0.2, 0.25) is 0 Å². The van der Waals surface area contributed by atoms with Crippen LogP contribution >= 0.6 is 11.8 Å². The summed E-state index contributed by atoms with van der Waals surface area (Å²) in [6.45, 7) is 0. The number of aromatic nitrogens is 2. The van der Waals surface area contributed by atoms with Crippen molar-refractivity contribution >= 4 is 22.8 Å². The van der Waals surface area contributed by atoms with E-state index in [4.69, 9.17) is 10.2 Å². The Morgan fingerprint density at radius 1 is 1.32 bits per heavy atom. The zero-order valence-electron chi connectivity index (χ0n) is 11.1. The first kappa shape index (κ1) is 12.6. The highest BCUT2D eigenvalue weighted by molar-refractivity contribution is 7.99. The molecule has 0 spiro atoms. The molecule has 0 radical (unpaired) electrons. The number of nitriles is 1. The molecule has 1 aliphatic rings. The number of benzene rings is 1. The molecule has 0 N–H and O–H groups in total. The molecule has 1 aliphatic carbocycles. The van der Waals surface area contributed by atoms with E-state index in [1.165, 1.54) is 42.3 Å². The highest BCUT2D eigenvalue weighted by Gasteiger charge is 2.14. The molecule has 98 valence electrons. The molecule has 0 saturated heterocycles. The van der Waals surface area contributed by atoms with E-state index in [9.17, 15) is 0 Å². The van der Waals surface area contributed by atoms with E-state index in [1.807, 2.05) is 0 Å². The first-order valence-corrected chi connectivity index (χ1v) is 7.76. The third-order valence-electron chi connectivity index (χ3n) is 3.75. The highest BCUT2D eigenvalue weighted by atomic mass is 32.2. The molecule has 0 atom stereocenters. The maximum atomic E-state index is 8.61. The largest absolute Gasteiger partial charge is 0.322 e. The third kappa shape index (κ3) is 2.35. The van der Waals surface area contributed by atoms with E-state index in [-0.39, 0.29) is 0 Å². The van der Waals surface area contributed by atoms with Gasteiger partial charge in [-0.15, -0.1) is 0 Å². The average Bonchev–Trinajstić information content (AvgIpc) is 2.73. The van der Waals surface area contributed by atoms with Crippen molar-refractivity contribution < 1.29 is 0 Å². The Kier molecular flexibility index (Phi) is 3.48. The molecule has 0 saturated carbocycles. The van der Waals surface area contributed by atoms with Gasteiger partial charge in [-0.1, -0.05) is 11.8 Å². The van der Waals surface area contributed by atoms with Crippen LogP contribution in [0.15, 0.2) is 17.3 Å². The Morgan fingerprint density at radius 2 is 2.05 bits per heavy atom. The standard InChI is InChI=1S/C15H17N3S/c1-18-14-10-12-6-3-2-5-11(12)9-13(14)17-15(18)19-8-4-7-16/h9-10H,2-6,8H2,1H3. The first-order valence-electron chi connectivity index (χ1n) is 6.77. The van der Waals surface area contributed by atoms with Gasteiger partial charge in [0, 0.05) is 19.2 Å². The second kappa shape index (κ2) is 5.26. The molecule has 0 unspecified atom stereocenters. The monoisotopic (exact) mass is 271 g/mol. The van der Waals surface area contributed by atoms with Crippen molar-refractivity contribution in [1.29, 1.82) is 5.26 Å². The molecule has 0 amide bonds. The van der Waals surface area contributed by atoms with Crippen LogP contribution in [0, 0.1) is 11.3 Å². The molecule has 3 nitrogen and oxygen atoms in total. The predicted octanol–water partition coefficient (Wildman–Crippen LogP) is 3.46. The summed E-state index contributed by atoms with van der Waals surface area (Å²) in [6, 6.07) is 6.75. The van der Waals surface area contributed by atoms with Crippen LogP contribution in [-0.4, -0.2) is 15.3 Å². The number of imidazole rings is 1. The summed E-state index contributed by atoms with van der Waals surface area (Å²) in [6.07, 6.45) is 5.58. The summed E-state index contributed by atoms with van der Waals surface area (Å²) in [4.78, 5) is 4.71. The number of thioether (sulfide) groups is 1. The summed E-state index contributed by atoms with van der Waals surface area (Å²) >= 11 is 1.67. The SMILES string of the molecule is Cn1c(SCCC#N)nc2cc3c(cc21)CCCC3. The van der Waals surface area contributed by atoms with E-state index >= 15 is 0 Å². The van der Waals surface area contributed by atoms with Crippen molar-refractivity contribution in [2.24, 2.45) is 7.05 Å². The summed E-state index contributed by atoms with van der Waals surface area (Å²) < 4.78 is 2.16. The van der Waals surface area contributed by atoms with E-state index in [2.05, 4.69) is 29.8 Å². The molecule has 4 heteroatoms. The first-order chi connectivity index (χ1) is 9.29. The minimum atomic E-state index is 0.574. The van der Waals surface area contributed by atoms with Gasteiger partial charge in [0.2, 0.25) is 0 Å². The summed E-state index contributed by atoms with van der Waals surface area (Å²) in [5.74, 6) is 0.813. The minimum Gasteiger partial charge on any atom is -0.322 e. The summed E-state index contributed by atoms with van der Waals surface area (Å²) in [7, 11) is 2.07. The number of rotatable bonds is 3. The van der Waals surface area contributed by atoms with Gasteiger partial charge >= 0.3 is 0 Å². The van der Waals surface area contributed by atoms with Gasteiger partial charge in [0.15, 0.2) is 5.16 Å². The van der Waals surface area contributed by atoms with Crippen molar-refractivity contribution in [1.82, 2.24) is 9.55 Å². The predicted molar refractivity (Wildman–Crippen MR) is 78.3 cm³/mol. The van der Waals surface area contributed by atoms with Gasteiger partial charge in [0.05, 0.1) is 17.1 Å². The lowest BCUT2D eigenvalue weighted by molar-refractivity contribution is 0.686. The fourth-order valence-corrected chi connectivity index (χ4v) is 3.55. The van der Waals surface area contributed by atoms with E-state index in [1.54, 1.807) is 11.8 Å². The van der Waals surface area contributed by atoms with Crippen LogP contribution in [0.4, 0.5) is 0 Å². The Morgan fingerprint density at radius 3 is 2.79 bits per heavy atom. The maximum Gasteiger partial charge on any atom is 0.168 e. The normalized spacial score (nSPS) is 14.3. The lowest BCUT2D eigenvalue weighted by Crippen LogP contribution is -2.02. The number of aryl methyl sites for hydroxylation is 3. The molecule has 2 aromatic rings. The Bertz CT molecular complexity index is 651. The van der Waals surface area contributed by atoms with Crippen LogP contribution in [0.1, 0.15) is 30.4 Å². The van der Waals surface area contributed by atoms with Gasteiger partial charge in [-0.25, -0.2) is 4.98 Å². The van der Waals surface area contributed by atoms with Gasteiger partial charge in [-0.2, -0.15) is 5.26 Å². The second-order valence-corrected chi connectivity index (χ2v) is 6.09. The molecule has 1 aromatic carbocycles. The molecule has 3 rings (SSSR count). The van der Waals surface area contributed by atoms with E-state index in [0.717, 1.165) is 16.4 Å². The second-order valence-electron chi connectivity index (χ2n) is 5.03. The lowest BCUT2D eigenvalue weighted by Gasteiger charge is -2.15. The van der Waals surface area contributed by atoms with Crippen molar-refractivity contribution in [3.8, 4) is 6.07 Å². The van der Waals surface area contributed by atoms with Crippen molar-refractivity contribution in [2.45, 2.75) is 37.3 Å². The van der Waals surface area contributed by atoms with Crippen LogP contribution in [0.25, 0.3) is 11.0 Å². The van der Waals surface area contributed by atoms with E-state index < -0.39 is 0 Å². The fourth-order valence-electron chi connectivity index (χ4n) is 2.72. The van der Waals surface area contributed by atoms with Crippen LogP contribution in [-0.2, 0) is 19.9 Å². The van der Waals surface area contributed by atoms with Crippen LogP contribution in [0.3, 0.4) is 0 Å². The maximum absolute atomic E-state index is 8.61. The minimum absolute atomic E-state index is 0.574. The Hall–Kier alpha value is -1.47. The molecule has 0 fully saturated rings. The van der Waals surface area contributed by atoms with Gasteiger partial charge in [-0.3, -0.25) is 0 Å². The number of hydrogen-bond donors (Lipinski definition) is 0. The number of hydrogen-bond acceptors (Lipinski definition) is 3. The number of nitrogens with zero attached hydrogens (tertiary/aromatic N) is 3. The van der Waals surface area contributed by atoms with Gasteiger partial charge in [0.1, 0.15) is 0 Å². The third-order valence-corrected chi connectivity index (χ3v) is 4.78. The average molecular weight is 271 g/mol. The highest BCUT2D eigenvalue weighted by Crippen LogP contribution is 2.29. The number of fused-ring (bicyclic) bond motifs is 2. The lowest BCUT2D eigenvalue weighted by atomic mass is 9.91. The van der Waals surface area contributed by atoms with Gasteiger partial charge in [-0.05, 0) is 48.9 Å². The fraction of sp³-hybridized carbons (Fsp3) is 0.467. The van der Waals surface area contributed by atoms with Crippen molar-refractivity contribution in [3.05, 3.63) is 23.3 Å². The molecule has 1 heterocycles. The van der Waals surface area contributed by atoms with Crippen molar-refractivity contribution in [3.63, 3.8) is 0 Å². The van der Waals surface area contributed by atoms with E-state index in [0.29, 0.717) is 6.42 Å². The molecule has 0 aliphatic heterocycles. The molecule has 1 aromatic heterocycles. The van der Waals surface area contributed by atoms with Gasteiger partial charge in [0.25, 0.3) is 0 Å². The Balaban J connectivity index is 1.98. The van der Waals surface area contributed by atoms with Crippen LogP contribution in [0.5, 0.6) is 0 Å². The molecule has 0 bridgehead atoms. The summed E-state index contributed by atoms with van der Waals surface area (Å²) in [5.41, 5.74) is 5.29. The Labute approximate surface area is 117 Å². The molecular weight excluding hydrogens is 254 g/mol. The zero-order chi connectivity index (χ0) is 13.2. The quantitative estimate of drug-likeness (QED) is 0.634. The molecule has 19 heavy (non-hydrogen) atoms. The molecular formula is C15H17N3S. The summed E-state index contributed by atoms with van der Waals surface area (Å²) in [5, 5.41) is 9.63. The smallest absolute Gasteiger partial charge is 0.168 e. The van der Waals surface area contributed by atoms with Crippen molar-refractivity contribution in [2.75, 3.05) is 5.75 Å². The van der Waals surface area contributed by atoms with Crippen LogP contribution < -0.4 is 0 Å². The topological polar surface area (TPSA) is 41.6 Å². The zero-order valence-corrected chi connectivity index (χ0v) is 12.0.